The topological polar surface area (TPSA) is 9.72 Å². The molecule has 4 heteroatoms. The van der Waals surface area contributed by atoms with E-state index in [1.54, 1.807) is 27.8 Å². The van der Waals surface area contributed by atoms with E-state index in [1.165, 1.54) is 171 Å². The number of anilines is 8. The molecule has 0 N–H and O–H groups in total. The first-order valence-electron chi connectivity index (χ1n) is 33.1. The van der Waals surface area contributed by atoms with E-state index in [0.717, 1.165) is 0 Å². The van der Waals surface area contributed by atoms with Gasteiger partial charge in [0.15, 0.2) is 0 Å². The van der Waals surface area contributed by atoms with Crippen LogP contribution in [0.3, 0.4) is 0 Å². The van der Waals surface area contributed by atoms with Gasteiger partial charge in [0.1, 0.15) is 0 Å². The van der Waals surface area contributed by atoms with Gasteiger partial charge < -0.3 is 14.7 Å². The van der Waals surface area contributed by atoms with Gasteiger partial charge in [0.05, 0.1) is 11.2 Å². The Morgan fingerprint density at radius 1 is 0.447 bits per heavy atom. The molecule has 0 aromatic heterocycles. The van der Waals surface area contributed by atoms with Crippen LogP contribution in [-0.4, -0.2) is 12.3 Å². The fourth-order valence-corrected chi connectivity index (χ4v) is 18.4. The summed E-state index contributed by atoms with van der Waals surface area (Å²) in [4.78, 5) is 8.50. The van der Waals surface area contributed by atoms with Gasteiger partial charge in [0.25, 0.3) is 6.71 Å². The standard InChI is InChI=1S/C81H98BN3/c1-49-40-67-70-68(41-49)85-72-61(80(19)32-24-25-33-81(80,85)20)46-60-69(79(17,18)39-38-78(60,15)16)71(72)82(70)62-30-29-54(45-66(62)84(67)63-31-28-53(73(4,5)6)44-55(63)52-26-22-21-23-27-52)83(64-47-58-56(42-50(64)2)74(7,8)34-36-76(58,11)12)65-48-59-57(43-51(65)3)75(9,10)35-37-77(59,13)14/h21-23,26-31,40-48H,24-25,32-39H2,1-20H3. The molecule has 2 unspecified atom stereocenters. The summed E-state index contributed by atoms with van der Waals surface area (Å²) in [6.45, 7) is 49.9. The number of fused-ring (bicyclic) bond motifs is 11. The summed E-state index contributed by atoms with van der Waals surface area (Å²) in [6.07, 6.45) is 12.0. The molecule has 4 aliphatic carbocycles. The molecule has 7 aliphatic rings. The van der Waals surface area contributed by atoms with E-state index in [-0.39, 0.29) is 55.6 Å². The Bertz CT molecular complexity index is 3900. The van der Waals surface area contributed by atoms with Gasteiger partial charge >= 0.3 is 0 Å². The fourth-order valence-electron chi connectivity index (χ4n) is 18.4. The van der Waals surface area contributed by atoms with Crippen LogP contribution >= 0.6 is 0 Å². The van der Waals surface area contributed by atoms with Crippen LogP contribution < -0.4 is 31.1 Å². The van der Waals surface area contributed by atoms with E-state index in [0.29, 0.717) is 0 Å². The Kier molecular flexibility index (Phi) is 12.1. The smallest absolute Gasteiger partial charge is 0.252 e. The van der Waals surface area contributed by atoms with Gasteiger partial charge in [0, 0.05) is 50.8 Å². The lowest BCUT2D eigenvalue weighted by Crippen LogP contribution is -2.66. The normalized spacial score (nSPS) is 23.6. The number of benzene rings is 7. The summed E-state index contributed by atoms with van der Waals surface area (Å²) in [5.41, 5.74) is 33.9. The Morgan fingerprint density at radius 2 is 0.976 bits per heavy atom. The van der Waals surface area contributed by atoms with E-state index in [1.807, 2.05) is 0 Å². The maximum absolute atomic E-state index is 2.99. The van der Waals surface area contributed by atoms with E-state index in [4.69, 9.17) is 0 Å². The molecular weight excluding hydrogens is 1030 g/mol. The van der Waals surface area contributed by atoms with Crippen molar-refractivity contribution in [3.63, 3.8) is 0 Å². The van der Waals surface area contributed by atoms with Gasteiger partial charge in [-0.3, -0.25) is 0 Å². The first-order valence-corrected chi connectivity index (χ1v) is 33.1. The van der Waals surface area contributed by atoms with E-state index < -0.39 is 0 Å². The highest BCUT2D eigenvalue weighted by Crippen LogP contribution is 2.65. The first-order chi connectivity index (χ1) is 39.7. The molecule has 0 amide bonds. The average Bonchev–Trinajstić information content (AvgIpc) is 1.57. The molecule has 0 spiro atoms. The molecule has 14 rings (SSSR count). The van der Waals surface area contributed by atoms with Crippen molar-refractivity contribution in [3.05, 3.63) is 170 Å². The van der Waals surface area contributed by atoms with Gasteiger partial charge in [-0.05, 0) is 249 Å². The van der Waals surface area contributed by atoms with E-state index >= 15 is 0 Å². The zero-order chi connectivity index (χ0) is 60.5. The van der Waals surface area contributed by atoms with Crippen molar-refractivity contribution < 1.29 is 0 Å². The number of nitrogens with zero attached hydrogens (tertiary/aromatic N) is 3. The zero-order valence-corrected chi connectivity index (χ0v) is 55.9. The minimum absolute atomic E-state index is 0.00463. The van der Waals surface area contributed by atoms with Crippen molar-refractivity contribution in [1.82, 2.24) is 0 Å². The molecule has 2 atom stereocenters. The van der Waals surface area contributed by atoms with Crippen molar-refractivity contribution in [2.24, 2.45) is 0 Å². The summed E-state index contributed by atoms with van der Waals surface area (Å²) in [7, 11) is 0. The number of rotatable bonds is 5. The fraction of sp³-hybridized carbons (Fsp3) is 0.481. The highest BCUT2D eigenvalue weighted by molar-refractivity contribution is 7.00. The average molecular weight is 1120 g/mol. The quantitative estimate of drug-likeness (QED) is 0.159. The third-order valence-electron chi connectivity index (χ3n) is 24.4. The van der Waals surface area contributed by atoms with Crippen molar-refractivity contribution in [1.29, 1.82) is 0 Å². The molecular formula is C81H98BN3. The maximum atomic E-state index is 2.99. The number of hydrogen-bond donors (Lipinski definition) is 0. The van der Waals surface area contributed by atoms with Gasteiger partial charge in [-0.15, -0.1) is 0 Å². The molecule has 0 bridgehead atoms. The predicted molar refractivity (Wildman–Crippen MR) is 367 cm³/mol. The minimum atomic E-state index is -0.0842. The van der Waals surface area contributed by atoms with Crippen LogP contribution in [0.15, 0.2) is 109 Å². The van der Waals surface area contributed by atoms with Crippen molar-refractivity contribution in [2.45, 2.75) is 252 Å². The summed E-state index contributed by atoms with van der Waals surface area (Å²) < 4.78 is 0. The second-order valence-electron chi connectivity index (χ2n) is 33.8. The Labute approximate surface area is 513 Å². The highest BCUT2D eigenvalue weighted by Gasteiger charge is 2.63. The second-order valence-corrected chi connectivity index (χ2v) is 33.8. The third kappa shape index (κ3) is 8.02. The summed E-state index contributed by atoms with van der Waals surface area (Å²) in [6, 6.07) is 45.2. The van der Waals surface area contributed by atoms with Crippen molar-refractivity contribution >= 4 is 68.6 Å². The second kappa shape index (κ2) is 18.1. The van der Waals surface area contributed by atoms with Crippen LogP contribution in [0.4, 0.5) is 45.5 Å². The van der Waals surface area contributed by atoms with Crippen molar-refractivity contribution in [2.75, 3.05) is 14.7 Å². The molecule has 7 aromatic carbocycles. The SMILES string of the molecule is Cc1cc2c3c(c1)N1c4c(cc5c(c4B3c3ccc(N(c4cc6c(cc4C)C(C)(C)CCC6(C)C)c4cc6c(cc4C)C(C)(C)CCC6(C)C)cc3N2c2ccc(C(C)(C)C)cc2-c2ccccc2)C(C)(C)CCC5(C)C)C2(C)CCCCC12C. The molecule has 1 fully saturated rings. The number of aryl methyl sites for hydroxylation is 3. The highest BCUT2D eigenvalue weighted by atomic mass is 15.3. The third-order valence-corrected chi connectivity index (χ3v) is 24.4. The Morgan fingerprint density at radius 3 is 1.55 bits per heavy atom. The van der Waals surface area contributed by atoms with Gasteiger partial charge in [0.2, 0.25) is 0 Å². The first kappa shape index (κ1) is 56.8. The lowest BCUT2D eigenvalue weighted by molar-refractivity contribution is 0.195. The Hall–Kier alpha value is -6.00. The van der Waals surface area contributed by atoms with Crippen molar-refractivity contribution in [3.8, 4) is 11.1 Å². The maximum Gasteiger partial charge on any atom is 0.252 e. The molecule has 7 aromatic rings. The van der Waals surface area contributed by atoms with Gasteiger partial charge in [-0.25, -0.2) is 0 Å². The summed E-state index contributed by atoms with van der Waals surface area (Å²) in [5, 5.41) is 0. The van der Waals surface area contributed by atoms with E-state index in [9.17, 15) is 0 Å². The monoisotopic (exact) mass is 1120 g/mol. The van der Waals surface area contributed by atoms with Gasteiger partial charge in [-0.2, -0.15) is 0 Å². The Balaban J connectivity index is 1.13. The molecule has 3 aliphatic heterocycles. The van der Waals surface area contributed by atoms with Crippen LogP contribution in [0.1, 0.15) is 243 Å². The summed E-state index contributed by atoms with van der Waals surface area (Å²) in [5.74, 6) is 0. The zero-order valence-electron chi connectivity index (χ0n) is 55.9. The molecule has 1 saturated carbocycles. The molecule has 85 heavy (non-hydrogen) atoms. The molecule has 440 valence electrons. The largest absolute Gasteiger partial charge is 0.335 e. The molecule has 0 radical (unpaired) electrons. The van der Waals surface area contributed by atoms with Crippen LogP contribution in [-0.2, 0) is 43.3 Å². The summed E-state index contributed by atoms with van der Waals surface area (Å²) >= 11 is 0. The molecule has 3 heterocycles. The number of hydrogen-bond acceptors (Lipinski definition) is 3. The van der Waals surface area contributed by atoms with E-state index in [2.05, 4.69) is 262 Å². The molecule has 3 nitrogen and oxygen atoms in total. The van der Waals surface area contributed by atoms with Gasteiger partial charge in [-0.1, -0.05) is 184 Å². The minimum Gasteiger partial charge on any atom is -0.335 e. The lowest BCUT2D eigenvalue weighted by atomic mass is 9.31. The van der Waals surface area contributed by atoms with Crippen LogP contribution in [0.5, 0.6) is 0 Å². The van der Waals surface area contributed by atoms with Crippen LogP contribution in [0.2, 0.25) is 0 Å². The van der Waals surface area contributed by atoms with Crippen LogP contribution in [0.25, 0.3) is 11.1 Å². The lowest BCUT2D eigenvalue weighted by Gasteiger charge is -2.53. The predicted octanol–water partition coefficient (Wildman–Crippen LogP) is 20.4. The van der Waals surface area contributed by atoms with Crippen LogP contribution in [0, 0.1) is 20.8 Å². The molecule has 0 saturated heterocycles.